The summed E-state index contributed by atoms with van der Waals surface area (Å²) in [7, 11) is 0. The molecule has 0 aliphatic heterocycles. The quantitative estimate of drug-likeness (QED) is 0.488. The molecule has 1 N–H and O–H groups in total. The lowest BCUT2D eigenvalue weighted by Gasteiger charge is -2.30. The van der Waals surface area contributed by atoms with E-state index in [9.17, 15) is 18.0 Å². The molecule has 4 rings (SSSR count). The Morgan fingerprint density at radius 3 is 2.48 bits per heavy atom. The summed E-state index contributed by atoms with van der Waals surface area (Å²) in [6.07, 6.45) is 4.64. The first-order chi connectivity index (χ1) is 15.7. The zero-order valence-corrected chi connectivity index (χ0v) is 18.5. The second kappa shape index (κ2) is 9.29. The van der Waals surface area contributed by atoms with E-state index in [0.29, 0.717) is 29.9 Å². The number of halogens is 3. The van der Waals surface area contributed by atoms with Gasteiger partial charge in [-0.1, -0.05) is 32.0 Å². The minimum Gasteiger partial charge on any atom is -0.320 e. The molecule has 0 spiro atoms. The van der Waals surface area contributed by atoms with Crippen LogP contribution in [0.4, 0.5) is 18.9 Å². The van der Waals surface area contributed by atoms with Crippen LogP contribution in [0.3, 0.4) is 0 Å². The van der Waals surface area contributed by atoms with Gasteiger partial charge in [0.2, 0.25) is 5.92 Å². The highest BCUT2D eigenvalue weighted by molar-refractivity contribution is 6.06. The molecule has 0 bridgehead atoms. The Hall–Kier alpha value is -3.29. The van der Waals surface area contributed by atoms with E-state index in [-0.39, 0.29) is 35.6 Å². The summed E-state index contributed by atoms with van der Waals surface area (Å²) in [5, 5.41) is 2.80. The number of hydrogen-bond acceptors (Lipinski definition) is 4. The number of nitrogens with zero attached hydrogens (tertiary/aromatic N) is 3. The van der Waals surface area contributed by atoms with Crippen LogP contribution in [0.5, 0.6) is 0 Å². The van der Waals surface area contributed by atoms with Gasteiger partial charge in [0.05, 0.1) is 16.9 Å². The zero-order chi connectivity index (χ0) is 23.6. The maximum absolute atomic E-state index is 14.7. The van der Waals surface area contributed by atoms with E-state index in [1.807, 2.05) is 13.8 Å². The van der Waals surface area contributed by atoms with Gasteiger partial charge in [-0.3, -0.25) is 9.78 Å². The normalized spacial score (nSPS) is 17.7. The Morgan fingerprint density at radius 1 is 1.09 bits per heavy atom. The van der Waals surface area contributed by atoms with Crippen LogP contribution in [-0.4, -0.2) is 26.8 Å². The molecule has 1 saturated carbocycles. The van der Waals surface area contributed by atoms with E-state index in [1.54, 1.807) is 24.3 Å². The SMILES string of the molecule is CC(C)c1ncc(C(=O)Nc2c(-c3ccccc3F)ccnc2C2CCCC(F)(F)C2)cn1. The molecule has 33 heavy (non-hydrogen) atoms. The number of aromatic nitrogens is 3. The Morgan fingerprint density at radius 2 is 1.82 bits per heavy atom. The number of nitrogens with one attached hydrogen (secondary N) is 1. The van der Waals surface area contributed by atoms with Gasteiger partial charge in [-0.05, 0) is 25.0 Å². The van der Waals surface area contributed by atoms with Crippen molar-refractivity contribution < 1.29 is 18.0 Å². The minimum atomic E-state index is -2.81. The highest BCUT2D eigenvalue weighted by atomic mass is 19.3. The molecular formula is C25H25F3N4O. The summed E-state index contributed by atoms with van der Waals surface area (Å²) in [6, 6.07) is 7.72. The van der Waals surface area contributed by atoms with Crippen molar-refractivity contribution in [3.8, 4) is 11.1 Å². The van der Waals surface area contributed by atoms with Crippen molar-refractivity contribution in [2.24, 2.45) is 0 Å². The smallest absolute Gasteiger partial charge is 0.258 e. The van der Waals surface area contributed by atoms with Gasteiger partial charge >= 0.3 is 0 Å². The molecule has 0 saturated heterocycles. The Bertz CT molecular complexity index is 1150. The van der Waals surface area contributed by atoms with Crippen molar-refractivity contribution >= 4 is 11.6 Å². The average molecular weight is 454 g/mol. The van der Waals surface area contributed by atoms with Crippen molar-refractivity contribution in [2.45, 2.75) is 57.3 Å². The number of pyridine rings is 1. The minimum absolute atomic E-state index is 0.104. The zero-order valence-electron chi connectivity index (χ0n) is 18.5. The Kier molecular flexibility index (Phi) is 6.44. The number of anilines is 1. The van der Waals surface area contributed by atoms with Gasteiger partial charge in [-0.2, -0.15) is 0 Å². The number of rotatable bonds is 5. The molecule has 2 aromatic heterocycles. The molecule has 1 aliphatic carbocycles. The van der Waals surface area contributed by atoms with Crippen LogP contribution < -0.4 is 5.32 Å². The van der Waals surface area contributed by atoms with Crippen LogP contribution in [0.2, 0.25) is 0 Å². The van der Waals surface area contributed by atoms with E-state index >= 15 is 0 Å². The van der Waals surface area contributed by atoms with E-state index in [2.05, 4.69) is 20.3 Å². The molecule has 1 atom stereocenters. The largest absolute Gasteiger partial charge is 0.320 e. The summed E-state index contributed by atoms with van der Waals surface area (Å²) in [6.45, 7) is 3.88. The number of carbonyl (C=O) groups is 1. The third-order valence-corrected chi connectivity index (χ3v) is 5.86. The number of amides is 1. The van der Waals surface area contributed by atoms with Crippen LogP contribution in [0.15, 0.2) is 48.9 Å². The molecular weight excluding hydrogens is 429 g/mol. The van der Waals surface area contributed by atoms with Crippen molar-refractivity contribution in [2.75, 3.05) is 5.32 Å². The lowest BCUT2D eigenvalue weighted by Crippen LogP contribution is -2.26. The first kappa shape index (κ1) is 22.9. The molecule has 1 aromatic carbocycles. The number of alkyl halides is 2. The average Bonchev–Trinajstić information content (AvgIpc) is 2.79. The predicted octanol–water partition coefficient (Wildman–Crippen LogP) is 6.35. The highest BCUT2D eigenvalue weighted by Crippen LogP contribution is 2.45. The molecule has 1 aliphatic rings. The monoisotopic (exact) mass is 454 g/mol. The summed E-state index contributed by atoms with van der Waals surface area (Å²) in [4.78, 5) is 25.9. The molecule has 0 radical (unpaired) electrons. The van der Waals surface area contributed by atoms with Gasteiger partial charge in [-0.25, -0.2) is 23.1 Å². The van der Waals surface area contributed by atoms with E-state index in [4.69, 9.17) is 0 Å². The van der Waals surface area contributed by atoms with Gasteiger partial charge < -0.3 is 5.32 Å². The first-order valence-electron chi connectivity index (χ1n) is 11.0. The van der Waals surface area contributed by atoms with Gasteiger partial charge in [0.1, 0.15) is 11.6 Å². The second-order valence-electron chi connectivity index (χ2n) is 8.69. The first-order valence-corrected chi connectivity index (χ1v) is 11.0. The van der Waals surface area contributed by atoms with Crippen LogP contribution in [0.1, 0.15) is 73.2 Å². The summed E-state index contributed by atoms with van der Waals surface area (Å²) in [5.41, 5.74) is 1.43. The van der Waals surface area contributed by atoms with Crippen LogP contribution in [0.25, 0.3) is 11.1 Å². The highest BCUT2D eigenvalue weighted by Gasteiger charge is 2.38. The van der Waals surface area contributed by atoms with Gasteiger partial charge in [-0.15, -0.1) is 0 Å². The van der Waals surface area contributed by atoms with E-state index in [0.717, 1.165) is 0 Å². The van der Waals surface area contributed by atoms with Crippen molar-refractivity contribution in [1.82, 2.24) is 15.0 Å². The topological polar surface area (TPSA) is 67.8 Å². The molecule has 1 fully saturated rings. The van der Waals surface area contributed by atoms with Gasteiger partial charge in [0, 0.05) is 54.4 Å². The summed E-state index contributed by atoms with van der Waals surface area (Å²) < 4.78 is 43.1. The van der Waals surface area contributed by atoms with E-state index < -0.39 is 23.6 Å². The van der Waals surface area contributed by atoms with Crippen LogP contribution >= 0.6 is 0 Å². The number of carbonyl (C=O) groups excluding carboxylic acids is 1. The predicted molar refractivity (Wildman–Crippen MR) is 120 cm³/mol. The number of hydrogen-bond donors (Lipinski definition) is 1. The lowest BCUT2D eigenvalue weighted by molar-refractivity contribution is -0.0411. The second-order valence-corrected chi connectivity index (χ2v) is 8.69. The van der Waals surface area contributed by atoms with Crippen LogP contribution in [-0.2, 0) is 0 Å². The summed E-state index contributed by atoms with van der Waals surface area (Å²) >= 11 is 0. The van der Waals surface area contributed by atoms with Gasteiger partial charge in [0.25, 0.3) is 5.91 Å². The van der Waals surface area contributed by atoms with Crippen LogP contribution in [0, 0.1) is 5.82 Å². The molecule has 1 amide bonds. The fourth-order valence-electron chi connectivity index (χ4n) is 4.17. The van der Waals surface area contributed by atoms with Gasteiger partial charge in [0.15, 0.2) is 0 Å². The number of benzene rings is 1. The molecule has 5 nitrogen and oxygen atoms in total. The molecule has 3 aromatic rings. The maximum Gasteiger partial charge on any atom is 0.258 e. The lowest BCUT2D eigenvalue weighted by atomic mass is 9.82. The molecule has 8 heteroatoms. The van der Waals surface area contributed by atoms with Crippen molar-refractivity contribution in [3.05, 3.63) is 71.8 Å². The maximum atomic E-state index is 14.7. The molecule has 1 unspecified atom stereocenters. The molecule has 172 valence electrons. The third kappa shape index (κ3) is 5.05. The third-order valence-electron chi connectivity index (χ3n) is 5.86. The summed E-state index contributed by atoms with van der Waals surface area (Å²) in [5.74, 6) is -3.66. The Labute approximate surface area is 190 Å². The fraction of sp³-hybridized carbons (Fsp3) is 0.360. The molecule has 2 heterocycles. The fourth-order valence-corrected chi connectivity index (χ4v) is 4.17. The van der Waals surface area contributed by atoms with Crippen molar-refractivity contribution in [1.29, 1.82) is 0 Å². The van der Waals surface area contributed by atoms with Crippen molar-refractivity contribution in [3.63, 3.8) is 0 Å². The Balaban J connectivity index is 1.76. The standard InChI is InChI=1S/C25H25F3N4O/c1-15(2)23-30-13-17(14-31-23)24(33)32-22-19(18-7-3-4-8-20(18)26)9-11-29-21(22)16-6-5-10-25(27,28)12-16/h3-4,7-9,11,13-16H,5-6,10,12H2,1-2H3,(H,32,33). The van der Waals surface area contributed by atoms with E-state index in [1.165, 1.54) is 24.7 Å².